The summed E-state index contributed by atoms with van der Waals surface area (Å²) in [6.07, 6.45) is 5.16. The largest absolute Gasteiger partial charge is 0.493 e. The maximum absolute atomic E-state index is 10.7. The van der Waals surface area contributed by atoms with Crippen molar-refractivity contribution in [3.05, 3.63) is 83.5 Å². The molecule has 0 unspecified atom stereocenters. The topological polar surface area (TPSA) is 227 Å². The lowest BCUT2D eigenvalue weighted by molar-refractivity contribution is -0.0491. The van der Waals surface area contributed by atoms with E-state index in [0.717, 1.165) is 44.2 Å². The molecular formula is C58H72N8O8. The third-order valence-electron chi connectivity index (χ3n) is 13.8. The van der Waals surface area contributed by atoms with E-state index in [1.54, 1.807) is 55.4 Å². The Labute approximate surface area is 432 Å². The fraction of sp³-hybridized carbons (Fsp3) is 0.483. The summed E-state index contributed by atoms with van der Waals surface area (Å²) in [7, 11) is 0. The van der Waals surface area contributed by atoms with Gasteiger partial charge in [0, 0.05) is 45.9 Å². The van der Waals surface area contributed by atoms with Gasteiger partial charge in [-0.3, -0.25) is 0 Å². The fourth-order valence-corrected chi connectivity index (χ4v) is 9.59. The van der Waals surface area contributed by atoms with Gasteiger partial charge in [-0.2, -0.15) is 0 Å². The number of H-pyrrole nitrogens is 2. The van der Waals surface area contributed by atoms with Gasteiger partial charge in [-0.15, -0.1) is 0 Å². The van der Waals surface area contributed by atoms with E-state index in [9.17, 15) is 20.4 Å². The van der Waals surface area contributed by atoms with Crippen LogP contribution in [-0.2, 0) is 15.1 Å². The molecule has 0 amide bonds. The summed E-state index contributed by atoms with van der Waals surface area (Å²) in [4.78, 5) is 39.2. The Morgan fingerprint density at radius 1 is 0.486 bits per heavy atom. The number of allylic oxidation sites excluding steroid dienone is 3. The van der Waals surface area contributed by atoms with Gasteiger partial charge in [-0.05, 0) is 132 Å². The third kappa shape index (κ3) is 11.4. The first-order valence-corrected chi connectivity index (χ1v) is 25.7. The molecule has 0 fully saturated rings. The molecule has 3 aromatic heterocycles. The number of hydrogen-bond donors (Lipinski definition) is 6. The number of ether oxygens (including phenoxy) is 4. The average molecular weight is 1010 g/mol. The van der Waals surface area contributed by atoms with Gasteiger partial charge in [0.25, 0.3) is 0 Å². The molecule has 0 radical (unpaired) electrons. The number of aromatic nitrogens is 8. The highest BCUT2D eigenvalue weighted by Crippen LogP contribution is 2.47. The molecule has 3 aliphatic rings. The van der Waals surface area contributed by atoms with Gasteiger partial charge in [0.2, 0.25) is 0 Å². The number of fused-ring (bicyclic) bond motifs is 20. The number of nitrogens with one attached hydrogen (secondary N) is 2. The Morgan fingerprint density at radius 2 is 0.946 bits per heavy atom. The number of aromatic amines is 2. The van der Waals surface area contributed by atoms with Gasteiger partial charge in [-0.25, -0.2) is 29.9 Å². The van der Waals surface area contributed by atoms with Crippen LogP contribution in [0.4, 0.5) is 0 Å². The third-order valence-corrected chi connectivity index (χ3v) is 13.8. The summed E-state index contributed by atoms with van der Waals surface area (Å²) in [6, 6.07) is 17.5. The molecule has 1 aliphatic carbocycles. The summed E-state index contributed by atoms with van der Waals surface area (Å²) >= 11 is 0. The summed E-state index contributed by atoms with van der Waals surface area (Å²) in [6.45, 7) is 23.3. The Morgan fingerprint density at radius 3 is 1.49 bits per heavy atom. The van der Waals surface area contributed by atoms with Gasteiger partial charge in [0.05, 0.1) is 70.8 Å². The minimum atomic E-state index is -0.954. The van der Waals surface area contributed by atoms with Crippen molar-refractivity contribution in [2.75, 3.05) is 26.4 Å². The predicted octanol–water partition coefficient (Wildman–Crippen LogP) is 10.6. The molecule has 74 heavy (non-hydrogen) atoms. The number of nitrogens with zero attached hydrogens (tertiary/aromatic N) is 6. The van der Waals surface area contributed by atoms with Crippen molar-refractivity contribution in [1.82, 2.24) is 39.9 Å². The van der Waals surface area contributed by atoms with E-state index < -0.39 is 33.6 Å². The zero-order valence-electron chi connectivity index (χ0n) is 44.9. The first-order chi connectivity index (χ1) is 34.6. The Kier molecular flexibility index (Phi) is 13.9. The smallest absolute Gasteiger partial charge is 0.165 e. The first kappa shape index (κ1) is 52.7. The van der Waals surface area contributed by atoms with E-state index in [0.29, 0.717) is 120 Å². The molecule has 16 nitrogen and oxygen atoms in total. The highest BCUT2D eigenvalue weighted by Gasteiger charge is 2.37. The van der Waals surface area contributed by atoms with Crippen molar-refractivity contribution in [1.29, 1.82) is 0 Å². The van der Waals surface area contributed by atoms with Crippen LogP contribution in [0.25, 0.3) is 78.1 Å². The molecule has 2 aliphatic heterocycles. The summed E-state index contributed by atoms with van der Waals surface area (Å²) < 4.78 is 26.2. The lowest BCUT2D eigenvalue weighted by Crippen LogP contribution is -2.32. The molecule has 0 atom stereocenters. The van der Waals surface area contributed by atoms with Crippen LogP contribution in [0.1, 0.15) is 139 Å². The number of rotatable bonds is 18. The van der Waals surface area contributed by atoms with Crippen LogP contribution in [0.2, 0.25) is 0 Å². The van der Waals surface area contributed by atoms with Crippen LogP contribution in [-0.4, -0.2) is 115 Å². The fourth-order valence-electron chi connectivity index (χ4n) is 9.59. The lowest BCUT2D eigenvalue weighted by Gasteiger charge is -2.33. The summed E-state index contributed by atoms with van der Waals surface area (Å²) in [5.74, 6) is 2.73. The van der Waals surface area contributed by atoms with Crippen molar-refractivity contribution in [2.45, 2.75) is 155 Å². The molecule has 0 saturated heterocycles. The molecule has 3 aromatic carbocycles. The maximum atomic E-state index is 10.7. The molecular weight excluding hydrogens is 937 g/mol. The van der Waals surface area contributed by atoms with E-state index in [4.69, 9.17) is 48.9 Å². The number of aliphatic hydroxyl groups is 4. The molecule has 6 N–H and O–H groups in total. The van der Waals surface area contributed by atoms with Gasteiger partial charge in [-0.1, -0.05) is 48.5 Å². The molecule has 9 rings (SSSR count). The molecule has 16 heteroatoms. The number of hydrogen-bond acceptors (Lipinski definition) is 14. The molecule has 5 heterocycles. The van der Waals surface area contributed by atoms with Crippen LogP contribution >= 0.6 is 0 Å². The Bertz CT molecular complexity index is 3360. The molecule has 8 bridgehead atoms. The van der Waals surface area contributed by atoms with Gasteiger partial charge < -0.3 is 49.3 Å². The highest BCUT2D eigenvalue weighted by atomic mass is 16.5. The standard InChI is InChI=1S/C58H72N8O8/c1-53(2,67)25-29-71-39-23-15-19-35-43(39)51-63-45-33-17-13-21-37(57(9,10)73-31-27-55(5,6)69)41(33)50(59-45)62-48-36-20-16-24-40(72-30-26-54(3,4)68)44(36)52(66-48)64-46-34-18-14-22-38(42(34)49(60-46)61-47(35)65-51)58(11,12)74-32-28-56(7,8)70/h13,15-21,23-24,67-70H,14,22,25-32H2,1-12H3,(H2,59,60,61,62,63,64,65,66). The van der Waals surface area contributed by atoms with Crippen molar-refractivity contribution in [3.63, 3.8) is 0 Å². The Balaban J connectivity index is 1.38. The molecule has 0 spiro atoms. The van der Waals surface area contributed by atoms with E-state index in [2.05, 4.69) is 16.0 Å². The average Bonchev–Trinajstić information content (AvgIpc) is 4.03. The monoisotopic (exact) mass is 1010 g/mol. The molecule has 392 valence electrons. The number of benzene rings is 3. The van der Waals surface area contributed by atoms with Crippen LogP contribution in [0.5, 0.6) is 11.5 Å². The van der Waals surface area contributed by atoms with Crippen molar-refractivity contribution < 1.29 is 39.4 Å². The van der Waals surface area contributed by atoms with Crippen molar-refractivity contribution in [2.24, 2.45) is 0 Å². The Hall–Kier alpha value is -6.14. The van der Waals surface area contributed by atoms with Gasteiger partial charge in [0.15, 0.2) is 23.3 Å². The predicted molar refractivity (Wildman–Crippen MR) is 289 cm³/mol. The highest BCUT2D eigenvalue weighted by molar-refractivity contribution is 6.12. The van der Waals surface area contributed by atoms with E-state index in [1.165, 1.54) is 0 Å². The molecule has 0 saturated carbocycles. The summed E-state index contributed by atoms with van der Waals surface area (Å²) in [5, 5.41) is 45.4. The van der Waals surface area contributed by atoms with Crippen LogP contribution in [0, 0.1) is 0 Å². The minimum absolute atomic E-state index is 0.240. The lowest BCUT2D eigenvalue weighted by atomic mass is 9.82. The van der Waals surface area contributed by atoms with E-state index in [-0.39, 0.29) is 13.2 Å². The summed E-state index contributed by atoms with van der Waals surface area (Å²) in [5.41, 5.74) is 1.34. The first-order valence-electron chi connectivity index (χ1n) is 25.7. The quantitative estimate of drug-likeness (QED) is 0.0470. The SMILES string of the molecule is CC(C)(O)CCOc1cccc2c3nc4nc(nc5[nH]c(nc6nc(nc([nH]3)c12)C1=CCCC(C(C)(C)OCCC(C)(C)O)=C16)c1cccc(OCCC(C)(C)O)c51)-c1cccc(C(C)(C)OCCC(C)(C)O)c1-4. The van der Waals surface area contributed by atoms with E-state index in [1.807, 2.05) is 82.3 Å². The van der Waals surface area contributed by atoms with Crippen LogP contribution in [0.15, 0.2) is 66.2 Å². The zero-order valence-corrected chi connectivity index (χ0v) is 44.9. The van der Waals surface area contributed by atoms with Gasteiger partial charge in [0.1, 0.15) is 34.1 Å². The van der Waals surface area contributed by atoms with Crippen molar-refractivity contribution >= 4 is 55.3 Å². The van der Waals surface area contributed by atoms with Crippen LogP contribution < -0.4 is 9.47 Å². The second-order valence-electron chi connectivity index (χ2n) is 23.4. The second kappa shape index (κ2) is 19.5. The second-order valence-corrected chi connectivity index (χ2v) is 23.4. The normalized spacial score (nSPS) is 14.7. The minimum Gasteiger partial charge on any atom is -0.493 e. The maximum Gasteiger partial charge on any atom is 0.165 e. The van der Waals surface area contributed by atoms with Crippen molar-refractivity contribution in [3.8, 4) is 34.3 Å². The molecule has 6 aromatic rings. The zero-order chi connectivity index (χ0) is 53.2. The van der Waals surface area contributed by atoms with Gasteiger partial charge >= 0.3 is 0 Å². The van der Waals surface area contributed by atoms with E-state index >= 15 is 0 Å². The van der Waals surface area contributed by atoms with Crippen LogP contribution in [0.3, 0.4) is 0 Å².